The average molecular weight is 450 g/mol. The molecule has 33 heavy (non-hydrogen) atoms. The Labute approximate surface area is 194 Å². The summed E-state index contributed by atoms with van der Waals surface area (Å²) >= 11 is 0. The van der Waals surface area contributed by atoms with Crippen LogP contribution in [0.2, 0.25) is 0 Å². The predicted octanol–water partition coefficient (Wildman–Crippen LogP) is 4.22. The summed E-state index contributed by atoms with van der Waals surface area (Å²) in [4.78, 5) is 18.1. The molecule has 0 saturated carbocycles. The standard InChI is InChI=1S/C25H31N5O3/c1-16(2)33-22-6-5-18(11-23(22)32-4)13-27-24-12-19(7-9-26-24)21-14-28-29-25(21)20-8-10-30(15-20)17(3)31/h5-7,9,11-12,14,16,20H,8,10,13,15H2,1-4H3,(H,26,27)(H,28,29)/t20-/m0/s1. The van der Waals surface area contributed by atoms with E-state index >= 15 is 0 Å². The zero-order valence-electron chi connectivity index (χ0n) is 19.6. The largest absolute Gasteiger partial charge is 0.493 e. The van der Waals surface area contributed by atoms with E-state index in [1.165, 1.54) is 0 Å². The molecule has 2 aromatic heterocycles. The van der Waals surface area contributed by atoms with Gasteiger partial charge in [0.1, 0.15) is 5.82 Å². The summed E-state index contributed by atoms with van der Waals surface area (Å²) in [5, 5.41) is 10.8. The van der Waals surface area contributed by atoms with Crippen LogP contribution in [0.1, 0.15) is 44.4 Å². The number of likely N-dealkylation sites (tertiary alicyclic amines) is 1. The van der Waals surface area contributed by atoms with Gasteiger partial charge in [-0.3, -0.25) is 9.89 Å². The first-order valence-corrected chi connectivity index (χ1v) is 11.3. The molecule has 3 aromatic rings. The number of nitrogens with zero attached hydrogens (tertiary/aromatic N) is 3. The highest BCUT2D eigenvalue weighted by Gasteiger charge is 2.28. The van der Waals surface area contributed by atoms with Gasteiger partial charge in [0, 0.05) is 49.9 Å². The number of aromatic nitrogens is 3. The number of aromatic amines is 1. The van der Waals surface area contributed by atoms with Gasteiger partial charge in [-0.15, -0.1) is 0 Å². The SMILES string of the molecule is COc1cc(CNc2cc(-c3cn[nH]c3[C@H]3CCN(C(C)=O)C3)ccn2)ccc1OC(C)C. The zero-order valence-corrected chi connectivity index (χ0v) is 19.6. The van der Waals surface area contributed by atoms with Crippen molar-refractivity contribution in [2.24, 2.45) is 0 Å². The number of amides is 1. The lowest BCUT2D eigenvalue weighted by Gasteiger charge is -2.15. The summed E-state index contributed by atoms with van der Waals surface area (Å²) in [6.07, 6.45) is 4.66. The van der Waals surface area contributed by atoms with Crippen molar-refractivity contribution < 1.29 is 14.3 Å². The predicted molar refractivity (Wildman–Crippen MR) is 128 cm³/mol. The Kier molecular flexibility index (Phi) is 6.82. The molecule has 0 spiro atoms. The fraction of sp³-hybridized carbons (Fsp3) is 0.400. The zero-order chi connectivity index (χ0) is 23.4. The van der Waals surface area contributed by atoms with Crippen molar-refractivity contribution in [1.82, 2.24) is 20.1 Å². The number of H-pyrrole nitrogens is 1. The smallest absolute Gasteiger partial charge is 0.219 e. The first-order chi connectivity index (χ1) is 15.9. The summed E-state index contributed by atoms with van der Waals surface area (Å²) in [6.45, 7) is 7.71. The van der Waals surface area contributed by atoms with E-state index in [1.807, 2.05) is 55.3 Å². The number of ether oxygens (including phenoxy) is 2. The molecule has 1 aliphatic rings. The van der Waals surface area contributed by atoms with E-state index in [4.69, 9.17) is 9.47 Å². The van der Waals surface area contributed by atoms with Gasteiger partial charge in [0.05, 0.1) is 19.4 Å². The third kappa shape index (κ3) is 5.27. The van der Waals surface area contributed by atoms with Crippen molar-refractivity contribution in [3.8, 4) is 22.6 Å². The van der Waals surface area contributed by atoms with Gasteiger partial charge in [0.2, 0.25) is 5.91 Å². The van der Waals surface area contributed by atoms with Gasteiger partial charge in [-0.2, -0.15) is 5.10 Å². The lowest BCUT2D eigenvalue weighted by atomic mass is 9.97. The Morgan fingerprint density at radius 1 is 1.27 bits per heavy atom. The van der Waals surface area contributed by atoms with Gasteiger partial charge >= 0.3 is 0 Å². The summed E-state index contributed by atoms with van der Waals surface area (Å²) in [7, 11) is 1.65. The van der Waals surface area contributed by atoms with E-state index in [-0.39, 0.29) is 17.9 Å². The molecule has 174 valence electrons. The number of anilines is 1. The third-order valence-corrected chi connectivity index (χ3v) is 5.85. The van der Waals surface area contributed by atoms with Crippen LogP contribution in [0.5, 0.6) is 11.5 Å². The van der Waals surface area contributed by atoms with E-state index in [1.54, 1.807) is 20.2 Å². The lowest BCUT2D eigenvalue weighted by Crippen LogP contribution is -2.25. The number of hydrogen-bond acceptors (Lipinski definition) is 6. The number of rotatable bonds is 8. The molecule has 3 heterocycles. The van der Waals surface area contributed by atoms with Crippen LogP contribution in [0.25, 0.3) is 11.1 Å². The first-order valence-electron chi connectivity index (χ1n) is 11.3. The van der Waals surface area contributed by atoms with Crippen LogP contribution in [0.15, 0.2) is 42.7 Å². The number of methoxy groups -OCH3 is 1. The lowest BCUT2D eigenvalue weighted by molar-refractivity contribution is -0.127. The summed E-state index contributed by atoms with van der Waals surface area (Å²) in [5.74, 6) is 2.60. The quantitative estimate of drug-likeness (QED) is 0.535. The van der Waals surface area contributed by atoms with E-state index < -0.39 is 0 Å². The summed E-state index contributed by atoms with van der Waals surface area (Å²) in [5.41, 5.74) is 4.22. The van der Waals surface area contributed by atoms with Crippen LogP contribution in [0.3, 0.4) is 0 Å². The van der Waals surface area contributed by atoms with Crippen molar-refractivity contribution in [1.29, 1.82) is 0 Å². The maximum absolute atomic E-state index is 11.7. The van der Waals surface area contributed by atoms with Gasteiger partial charge in [-0.1, -0.05) is 6.07 Å². The number of benzene rings is 1. The first kappa shape index (κ1) is 22.6. The van der Waals surface area contributed by atoms with Crippen LogP contribution in [0, 0.1) is 0 Å². The molecule has 8 nitrogen and oxygen atoms in total. The number of carbonyl (C=O) groups excluding carboxylic acids is 1. The Morgan fingerprint density at radius 2 is 2.12 bits per heavy atom. The Bertz CT molecular complexity index is 1110. The van der Waals surface area contributed by atoms with E-state index in [0.717, 1.165) is 53.5 Å². The van der Waals surface area contributed by atoms with Crippen molar-refractivity contribution in [2.75, 3.05) is 25.5 Å². The van der Waals surface area contributed by atoms with E-state index in [9.17, 15) is 4.79 Å². The fourth-order valence-electron chi connectivity index (χ4n) is 4.18. The molecule has 1 aromatic carbocycles. The van der Waals surface area contributed by atoms with Gasteiger partial charge in [-0.25, -0.2) is 4.98 Å². The molecule has 8 heteroatoms. The minimum absolute atomic E-state index is 0.0809. The number of hydrogen-bond donors (Lipinski definition) is 2. The molecule has 1 aliphatic heterocycles. The molecule has 0 unspecified atom stereocenters. The molecule has 0 bridgehead atoms. The molecule has 0 radical (unpaired) electrons. The highest BCUT2D eigenvalue weighted by atomic mass is 16.5. The molecule has 1 amide bonds. The van der Waals surface area contributed by atoms with Crippen LogP contribution >= 0.6 is 0 Å². The minimum Gasteiger partial charge on any atom is -0.493 e. The maximum Gasteiger partial charge on any atom is 0.219 e. The topological polar surface area (TPSA) is 92.4 Å². The number of nitrogens with one attached hydrogen (secondary N) is 2. The van der Waals surface area contributed by atoms with Crippen LogP contribution in [0.4, 0.5) is 5.82 Å². The normalized spacial score (nSPS) is 15.7. The second-order valence-corrected chi connectivity index (χ2v) is 8.58. The molecule has 1 fully saturated rings. The molecule has 0 aliphatic carbocycles. The molecular weight excluding hydrogens is 418 g/mol. The van der Waals surface area contributed by atoms with Gasteiger partial charge in [0.15, 0.2) is 11.5 Å². The van der Waals surface area contributed by atoms with Gasteiger partial charge in [0.25, 0.3) is 0 Å². The fourth-order valence-corrected chi connectivity index (χ4v) is 4.18. The highest BCUT2D eigenvalue weighted by molar-refractivity contribution is 5.74. The van der Waals surface area contributed by atoms with Gasteiger partial charge in [-0.05, 0) is 55.7 Å². The summed E-state index contributed by atoms with van der Waals surface area (Å²) < 4.78 is 11.3. The number of carbonyl (C=O) groups is 1. The average Bonchev–Trinajstić information content (AvgIpc) is 3.48. The Hall–Kier alpha value is -3.55. The van der Waals surface area contributed by atoms with E-state index in [2.05, 4.69) is 20.5 Å². The van der Waals surface area contributed by atoms with Crippen LogP contribution in [-0.2, 0) is 11.3 Å². The molecule has 4 rings (SSSR count). The number of pyridine rings is 1. The monoisotopic (exact) mass is 449 g/mol. The van der Waals surface area contributed by atoms with Crippen LogP contribution < -0.4 is 14.8 Å². The second-order valence-electron chi connectivity index (χ2n) is 8.58. The van der Waals surface area contributed by atoms with Crippen molar-refractivity contribution in [3.63, 3.8) is 0 Å². The Balaban J connectivity index is 1.47. The minimum atomic E-state index is 0.0809. The van der Waals surface area contributed by atoms with Crippen LogP contribution in [-0.4, -0.2) is 52.3 Å². The van der Waals surface area contributed by atoms with Crippen molar-refractivity contribution in [3.05, 3.63) is 54.0 Å². The third-order valence-electron chi connectivity index (χ3n) is 5.85. The maximum atomic E-state index is 11.7. The molecule has 1 atom stereocenters. The Morgan fingerprint density at radius 3 is 2.85 bits per heavy atom. The van der Waals surface area contributed by atoms with Gasteiger partial charge < -0.3 is 19.7 Å². The van der Waals surface area contributed by atoms with Crippen molar-refractivity contribution in [2.45, 2.75) is 45.8 Å². The summed E-state index contributed by atoms with van der Waals surface area (Å²) in [6, 6.07) is 9.94. The second kappa shape index (κ2) is 9.94. The molecular formula is C25H31N5O3. The van der Waals surface area contributed by atoms with E-state index in [0.29, 0.717) is 12.3 Å². The molecule has 2 N–H and O–H groups in total. The highest BCUT2D eigenvalue weighted by Crippen LogP contribution is 2.34. The van der Waals surface area contributed by atoms with Crippen molar-refractivity contribution >= 4 is 11.7 Å². The molecule has 1 saturated heterocycles.